The maximum absolute atomic E-state index is 11.6. The summed E-state index contributed by atoms with van der Waals surface area (Å²) < 4.78 is 11.6. The molecule has 3 aromatic rings. The minimum atomic E-state index is -0.881. The van der Waals surface area contributed by atoms with Crippen molar-refractivity contribution in [2.45, 2.75) is 79.4 Å². The number of allylic oxidation sites excluding steroid dienone is 2. The number of carboxylic acids is 2. The van der Waals surface area contributed by atoms with Crippen LogP contribution < -0.4 is 0 Å². The van der Waals surface area contributed by atoms with Crippen LogP contribution in [-0.4, -0.2) is 68.5 Å². The predicted octanol–water partition coefficient (Wildman–Crippen LogP) is 6.90. The number of nitrogens with zero attached hydrogens (tertiary/aromatic N) is 2. The first-order chi connectivity index (χ1) is 21.8. The van der Waals surface area contributed by atoms with Crippen LogP contribution in [0.2, 0.25) is 0 Å². The molecule has 0 radical (unpaired) electrons. The minimum Gasteiger partial charge on any atom is -0.481 e. The number of H-pyrrole nitrogens is 2. The highest BCUT2D eigenvalue weighted by atomic mass is 16.5. The average molecular weight is 627 g/mol. The minimum absolute atomic E-state index is 0.0273. The molecule has 46 heavy (non-hydrogen) atoms. The lowest BCUT2D eigenvalue weighted by atomic mass is 9.99. The molecule has 0 aromatic carbocycles. The first kappa shape index (κ1) is 32.8. The summed E-state index contributed by atoms with van der Waals surface area (Å²) in [6.45, 7) is 12.0. The van der Waals surface area contributed by atoms with Gasteiger partial charge in [0, 0.05) is 60.3 Å². The van der Waals surface area contributed by atoms with Gasteiger partial charge in [-0.05, 0) is 112 Å². The van der Waals surface area contributed by atoms with E-state index in [1.165, 1.54) is 0 Å². The monoisotopic (exact) mass is 626 g/mol. The van der Waals surface area contributed by atoms with Crippen molar-refractivity contribution in [3.05, 3.63) is 69.3 Å². The number of nitrogens with one attached hydrogen (secondary N) is 2. The first-order valence-electron chi connectivity index (χ1n) is 15.5. The maximum atomic E-state index is 11.6. The zero-order chi connectivity index (χ0) is 33.4. The number of methoxy groups -OCH3 is 2. The lowest BCUT2D eigenvalue weighted by Crippen LogP contribution is -2.08. The summed E-state index contributed by atoms with van der Waals surface area (Å²) in [6, 6.07) is 7.97. The number of aromatic nitrogens is 4. The Labute approximate surface area is 268 Å². The summed E-state index contributed by atoms with van der Waals surface area (Å²) in [4.78, 5) is 40.5. The summed E-state index contributed by atoms with van der Waals surface area (Å²) >= 11 is 0. The topological polar surface area (TPSA) is 150 Å². The number of carbonyl (C=O) groups is 2. The number of rotatable bonds is 10. The van der Waals surface area contributed by atoms with E-state index >= 15 is 0 Å². The zero-order valence-corrected chi connectivity index (χ0v) is 27.7. The molecule has 2 aliphatic heterocycles. The molecule has 242 valence electrons. The van der Waals surface area contributed by atoms with Crippen LogP contribution >= 0.6 is 0 Å². The Hall–Kier alpha value is -4.54. The van der Waals surface area contributed by atoms with Crippen molar-refractivity contribution in [2.75, 3.05) is 14.2 Å². The van der Waals surface area contributed by atoms with Crippen molar-refractivity contribution < 1.29 is 29.3 Å². The van der Waals surface area contributed by atoms with E-state index in [1.54, 1.807) is 14.2 Å². The summed E-state index contributed by atoms with van der Waals surface area (Å²) in [5.74, 6) is -1.76. The van der Waals surface area contributed by atoms with Gasteiger partial charge in [0.15, 0.2) is 0 Å². The number of aryl methyl sites for hydroxylation is 4. The molecular formula is C36H42N4O6. The van der Waals surface area contributed by atoms with Crippen molar-refractivity contribution in [3.63, 3.8) is 0 Å². The van der Waals surface area contributed by atoms with Crippen molar-refractivity contribution in [1.82, 2.24) is 19.9 Å². The summed E-state index contributed by atoms with van der Waals surface area (Å²) in [5, 5.41) is 19.1. The summed E-state index contributed by atoms with van der Waals surface area (Å²) in [7, 11) is 3.36. The van der Waals surface area contributed by atoms with E-state index < -0.39 is 11.9 Å². The van der Waals surface area contributed by atoms with E-state index in [0.29, 0.717) is 12.8 Å². The Balaban J connectivity index is 1.96. The third kappa shape index (κ3) is 6.15. The Morgan fingerprint density at radius 2 is 1.04 bits per heavy atom. The number of hydrogen-bond acceptors (Lipinski definition) is 6. The van der Waals surface area contributed by atoms with Gasteiger partial charge >= 0.3 is 11.9 Å². The van der Waals surface area contributed by atoms with Crippen LogP contribution in [0, 0.1) is 13.8 Å². The molecule has 0 fully saturated rings. The van der Waals surface area contributed by atoms with E-state index in [9.17, 15) is 19.8 Å². The van der Waals surface area contributed by atoms with Crippen molar-refractivity contribution in [3.8, 4) is 0 Å². The molecule has 0 aliphatic carbocycles. The fourth-order valence-corrected chi connectivity index (χ4v) is 6.52. The van der Waals surface area contributed by atoms with Crippen molar-refractivity contribution >= 4 is 56.3 Å². The number of fused-ring (bicyclic) bond motifs is 8. The van der Waals surface area contributed by atoms with Crippen LogP contribution in [0.25, 0.3) is 44.4 Å². The number of carboxylic acid groups (broad SMARTS) is 2. The molecule has 10 nitrogen and oxygen atoms in total. The second kappa shape index (κ2) is 13.1. The smallest absolute Gasteiger partial charge is 0.303 e. The zero-order valence-electron chi connectivity index (χ0n) is 27.7. The maximum Gasteiger partial charge on any atom is 0.303 e. The fourth-order valence-electron chi connectivity index (χ4n) is 6.52. The molecule has 2 unspecified atom stereocenters. The first-order valence-corrected chi connectivity index (χ1v) is 15.5. The molecule has 2 aliphatic rings. The Kier molecular flexibility index (Phi) is 9.32. The van der Waals surface area contributed by atoms with Crippen LogP contribution in [0.4, 0.5) is 0 Å². The number of aromatic amines is 2. The molecule has 10 heteroatoms. The van der Waals surface area contributed by atoms with Gasteiger partial charge in [-0.2, -0.15) is 0 Å². The highest BCUT2D eigenvalue weighted by Gasteiger charge is 2.26. The van der Waals surface area contributed by atoms with Gasteiger partial charge in [0.2, 0.25) is 0 Å². The lowest BCUT2D eigenvalue weighted by Gasteiger charge is -2.13. The van der Waals surface area contributed by atoms with Crippen LogP contribution in [0.3, 0.4) is 0 Å². The predicted molar refractivity (Wildman–Crippen MR) is 180 cm³/mol. The van der Waals surface area contributed by atoms with E-state index in [2.05, 4.69) is 9.97 Å². The number of hydrogen-bond donors (Lipinski definition) is 4. The van der Waals surface area contributed by atoms with Crippen LogP contribution in [0.5, 0.6) is 0 Å². The number of ether oxygens (including phenoxy) is 2. The molecule has 0 spiro atoms. The van der Waals surface area contributed by atoms with Crippen LogP contribution in [0.1, 0.15) is 85.6 Å². The lowest BCUT2D eigenvalue weighted by molar-refractivity contribution is -0.138. The molecule has 4 N–H and O–H groups in total. The van der Waals surface area contributed by atoms with Crippen molar-refractivity contribution in [2.24, 2.45) is 0 Å². The molecule has 5 rings (SSSR count). The average Bonchev–Trinajstić information content (AvgIpc) is 3.67. The van der Waals surface area contributed by atoms with Gasteiger partial charge in [0.25, 0.3) is 0 Å². The van der Waals surface area contributed by atoms with Gasteiger partial charge in [-0.15, -0.1) is 0 Å². The standard InChI is InChI=1S/C36H42N4O6/c1-17-23(9-11-33(41)42)29-16-30-24(10-12-34(43)44)18(2)26(38-30)14-31-36(22(6)46-8)20(4)28(40-31)15-32-35(21(5)45-7)19(3)27(39-32)13-25(17)37-29/h13-16,21-22,37-38H,9-12H2,1-8H3,(H,41,42)(H,43,44). The van der Waals surface area contributed by atoms with Gasteiger partial charge in [0.05, 0.1) is 35.0 Å². The van der Waals surface area contributed by atoms with Gasteiger partial charge in [-0.25, -0.2) is 9.97 Å². The molecule has 0 saturated carbocycles. The Morgan fingerprint density at radius 1 is 0.652 bits per heavy atom. The summed E-state index contributed by atoms with van der Waals surface area (Å²) in [6.07, 6.45) is 0.150. The van der Waals surface area contributed by atoms with Gasteiger partial charge in [0.1, 0.15) is 0 Å². The van der Waals surface area contributed by atoms with Gasteiger partial charge in [-0.3, -0.25) is 9.59 Å². The normalized spacial score (nSPS) is 14.6. The van der Waals surface area contributed by atoms with E-state index in [1.807, 2.05) is 65.8 Å². The molecule has 5 heterocycles. The third-order valence-electron chi connectivity index (χ3n) is 9.33. The van der Waals surface area contributed by atoms with E-state index in [4.69, 9.17) is 19.4 Å². The summed E-state index contributed by atoms with van der Waals surface area (Å²) in [5.41, 5.74) is 13.8. The second-order valence-corrected chi connectivity index (χ2v) is 12.1. The Bertz CT molecular complexity index is 1960. The van der Waals surface area contributed by atoms with Gasteiger partial charge in [-0.1, -0.05) is 0 Å². The fraction of sp³-hybridized carbons (Fsp3) is 0.389. The quantitative estimate of drug-likeness (QED) is 0.190. The molecule has 8 bridgehead atoms. The third-order valence-corrected chi connectivity index (χ3v) is 9.33. The second-order valence-electron chi connectivity index (χ2n) is 12.1. The van der Waals surface area contributed by atoms with Crippen LogP contribution in [-0.2, 0) is 31.9 Å². The van der Waals surface area contributed by atoms with Gasteiger partial charge < -0.3 is 29.7 Å². The molecule has 2 atom stereocenters. The Morgan fingerprint density at radius 3 is 1.46 bits per heavy atom. The highest BCUT2D eigenvalue weighted by Crippen LogP contribution is 2.38. The molecular weight excluding hydrogens is 584 g/mol. The highest BCUT2D eigenvalue weighted by molar-refractivity contribution is 5.97. The van der Waals surface area contributed by atoms with E-state index in [0.717, 1.165) is 89.4 Å². The SMILES string of the molecule is COC(C)C1=C(C)c2cc3[nH]c(cc4[nH]c(cc5nc(cc1n2)C(C)=C5C(C)OC)c(C)c4CCC(=O)O)c(CCC(=O)O)c3C. The molecule has 3 aromatic heterocycles. The van der Waals surface area contributed by atoms with E-state index in [-0.39, 0.29) is 25.0 Å². The molecule has 0 saturated heterocycles. The van der Waals surface area contributed by atoms with Crippen molar-refractivity contribution in [1.29, 1.82) is 0 Å². The number of aliphatic carboxylic acids is 2. The van der Waals surface area contributed by atoms with Crippen LogP contribution in [0.15, 0.2) is 24.3 Å². The largest absolute Gasteiger partial charge is 0.481 e. The molecule has 0 amide bonds.